The molecule has 0 unspecified atom stereocenters. The molecule has 0 fully saturated rings. The fraction of sp³-hybridized carbons (Fsp3) is 0.250. The summed E-state index contributed by atoms with van der Waals surface area (Å²) in [6.45, 7) is 0.716. The Morgan fingerprint density at radius 3 is 2.89 bits per heavy atom. The second-order valence-electron chi connectivity index (χ2n) is 3.90. The predicted octanol–water partition coefficient (Wildman–Crippen LogP) is -0.407. The van der Waals surface area contributed by atoms with Gasteiger partial charge in [0.1, 0.15) is 11.1 Å². The third-order valence-corrected chi connectivity index (χ3v) is 2.60. The number of rotatable bonds is 4. The summed E-state index contributed by atoms with van der Waals surface area (Å²) in [6, 6.07) is 3.03. The SMILES string of the molecule is COCCNC(=O)c1cc2cc[nH]c(=O)c2c(=O)[nH]1. The zero-order valence-electron chi connectivity index (χ0n) is 10.3. The summed E-state index contributed by atoms with van der Waals surface area (Å²) in [6.07, 6.45) is 1.43. The number of nitrogens with one attached hydrogen (secondary N) is 3. The lowest BCUT2D eigenvalue weighted by Crippen LogP contribution is -2.30. The van der Waals surface area contributed by atoms with Gasteiger partial charge in [0.15, 0.2) is 0 Å². The molecule has 19 heavy (non-hydrogen) atoms. The molecule has 2 rings (SSSR count). The standard InChI is InChI=1S/C12H13N3O4/c1-19-5-4-14-10(16)8-6-7-2-3-13-11(17)9(7)12(18)15-8/h2-3,6H,4-5H2,1H3,(H,13,17)(H,14,16)(H,15,18). The molecule has 2 aromatic rings. The van der Waals surface area contributed by atoms with Gasteiger partial charge in [-0.3, -0.25) is 14.4 Å². The first kappa shape index (κ1) is 13.0. The van der Waals surface area contributed by atoms with Gasteiger partial charge in [-0.1, -0.05) is 0 Å². The molecule has 0 saturated heterocycles. The van der Waals surface area contributed by atoms with Crippen molar-refractivity contribution in [2.45, 2.75) is 0 Å². The summed E-state index contributed by atoms with van der Waals surface area (Å²) >= 11 is 0. The lowest BCUT2D eigenvalue weighted by molar-refractivity contribution is 0.0932. The van der Waals surface area contributed by atoms with Gasteiger partial charge in [0.25, 0.3) is 17.0 Å². The molecule has 0 aliphatic rings. The Morgan fingerprint density at radius 2 is 2.16 bits per heavy atom. The van der Waals surface area contributed by atoms with E-state index in [0.29, 0.717) is 18.5 Å². The van der Waals surface area contributed by atoms with Gasteiger partial charge in [-0.25, -0.2) is 0 Å². The number of ether oxygens (including phenoxy) is 1. The van der Waals surface area contributed by atoms with Crippen molar-refractivity contribution < 1.29 is 9.53 Å². The van der Waals surface area contributed by atoms with Crippen molar-refractivity contribution in [2.24, 2.45) is 0 Å². The minimum Gasteiger partial charge on any atom is -0.383 e. The summed E-state index contributed by atoms with van der Waals surface area (Å²) in [5, 5.41) is 3.02. The van der Waals surface area contributed by atoms with E-state index in [1.54, 1.807) is 6.07 Å². The number of methoxy groups -OCH3 is 1. The molecule has 2 aromatic heterocycles. The molecule has 2 heterocycles. The zero-order chi connectivity index (χ0) is 13.8. The molecule has 100 valence electrons. The molecule has 0 spiro atoms. The minimum atomic E-state index is -0.587. The summed E-state index contributed by atoms with van der Waals surface area (Å²) in [5.74, 6) is -0.420. The van der Waals surface area contributed by atoms with E-state index in [0.717, 1.165) is 0 Å². The predicted molar refractivity (Wildman–Crippen MR) is 69.4 cm³/mol. The van der Waals surface area contributed by atoms with Crippen LogP contribution in [0.1, 0.15) is 10.5 Å². The van der Waals surface area contributed by atoms with Gasteiger partial charge >= 0.3 is 0 Å². The van der Waals surface area contributed by atoms with E-state index < -0.39 is 17.0 Å². The van der Waals surface area contributed by atoms with Crippen molar-refractivity contribution in [1.29, 1.82) is 0 Å². The number of aromatic nitrogens is 2. The molecule has 0 saturated carbocycles. The van der Waals surface area contributed by atoms with Crippen LogP contribution in [-0.4, -0.2) is 36.1 Å². The number of pyridine rings is 2. The van der Waals surface area contributed by atoms with Crippen molar-refractivity contribution in [3.8, 4) is 0 Å². The molecule has 0 aliphatic heterocycles. The Hall–Kier alpha value is -2.41. The van der Waals surface area contributed by atoms with Gasteiger partial charge in [0.2, 0.25) is 0 Å². The first-order valence-electron chi connectivity index (χ1n) is 5.65. The van der Waals surface area contributed by atoms with Gasteiger partial charge < -0.3 is 20.0 Å². The molecule has 0 aromatic carbocycles. The molecule has 0 radical (unpaired) electrons. The van der Waals surface area contributed by atoms with Crippen LogP contribution in [0, 0.1) is 0 Å². The number of carbonyl (C=O) groups is 1. The molecular weight excluding hydrogens is 250 g/mol. The monoisotopic (exact) mass is 263 g/mol. The Kier molecular flexibility index (Phi) is 3.76. The quantitative estimate of drug-likeness (QED) is 0.652. The summed E-state index contributed by atoms with van der Waals surface area (Å²) in [7, 11) is 1.52. The molecule has 0 aliphatic carbocycles. The number of amides is 1. The molecular formula is C12H13N3O4. The van der Waals surface area contributed by atoms with E-state index in [4.69, 9.17) is 4.74 Å². The van der Waals surface area contributed by atoms with Crippen LogP contribution in [0.5, 0.6) is 0 Å². The van der Waals surface area contributed by atoms with Crippen LogP contribution in [-0.2, 0) is 4.74 Å². The summed E-state index contributed by atoms with van der Waals surface area (Å²) < 4.78 is 4.81. The van der Waals surface area contributed by atoms with E-state index in [1.165, 1.54) is 19.4 Å². The van der Waals surface area contributed by atoms with Crippen LogP contribution in [0.25, 0.3) is 10.8 Å². The molecule has 0 atom stereocenters. The normalized spacial score (nSPS) is 10.6. The van der Waals surface area contributed by atoms with Crippen molar-refractivity contribution >= 4 is 16.7 Å². The van der Waals surface area contributed by atoms with Crippen molar-refractivity contribution in [3.63, 3.8) is 0 Å². The van der Waals surface area contributed by atoms with Crippen LogP contribution in [0.3, 0.4) is 0 Å². The first-order chi connectivity index (χ1) is 9.13. The number of aromatic amines is 2. The maximum Gasteiger partial charge on any atom is 0.267 e. The van der Waals surface area contributed by atoms with E-state index >= 15 is 0 Å². The fourth-order valence-electron chi connectivity index (χ4n) is 1.71. The maximum atomic E-state index is 11.8. The highest BCUT2D eigenvalue weighted by Gasteiger charge is 2.10. The van der Waals surface area contributed by atoms with E-state index in [9.17, 15) is 14.4 Å². The number of carbonyl (C=O) groups excluding carboxylic acids is 1. The highest BCUT2D eigenvalue weighted by Crippen LogP contribution is 2.05. The number of hydrogen-bond acceptors (Lipinski definition) is 4. The lowest BCUT2D eigenvalue weighted by atomic mass is 10.2. The van der Waals surface area contributed by atoms with Crippen LogP contribution in [0.4, 0.5) is 0 Å². The molecule has 7 heteroatoms. The smallest absolute Gasteiger partial charge is 0.267 e. The lowest BCUT2D eigenvalue weighted by Gasteiger charge is -2.05. The molecule has 7 nitrogen and oxygen atoms in total. The summed E-state index contributed by atoms with van der Waals surface area (Å²) in [4.78, 5) is 39.9. The Labute approximate surface area is 107 Å². The van der Waals surface area contributed by atoms with Gasteiger partial charge in [-0.15, -0.1) is 0 Å². The number of H-pyrrole nitrogens is 2. The molecule has 3 N–H and O–H groups in total. The minimum absolute atomic E-state index is 0.0101. The average Bonchev–Trinajstić information content (AvgIpc) is 2.38. The second-order valence-corrected chi connectivity index (χ2v) is 3.90. The Morgan fingerprint density at radius 1 is 1.37 bits per heavy atom. The number of fused-ring (bicyclic) bond motifs is 1. The highest BCUT2D eigenvalue weighted by atomic mass is 16.5. The second kappa shape index (κ2) is 5.49. The van der Waals surface area contributed by atoms with Crippen LogP contribution in [0.15, 0.2) is 27.9 Å². The Bertz CT molecular complexity index is 717. The van der Waals surface area contributed by atoms with Crippen molar-refractivity contribution in [2.75, 3.05) is 20.3 Å². The van der Waals surface area contributed by atoms with E-state index in [1.807, 2.05) is 0 Å². The maximum absolute atomic E-state index is 11.8. The van der Waals surface area contributed by atoms with Crippen LogP contribution in [0.2, 0.25) is 0 Å². The van der Waals surface area contributed by atoms with Gasteiger partial charge in [-0.05, 0) is 17.5 Å². The highest BCUT2D eigenvalue weighted by molar-refractivity contribution is 5.96. The van der Waals surface area contributed by atoms with E-state index in [2.05, 4.69) is 15.3 Å². The Balaban J connectivity index is 2.39. The average molecular weight is 263 g/mol. The van der Waals surface area contributed by atoms with Gasteiger partial charge in [-0.2, -0.15) is 0 Å². The van der Waals surface area contributed by atoms with Gasteiger partial charge in [0.05, 0.1) is 6.61 Å². The fourth-order valence-corrected chi connectivity index (χ4v) is 1.71. The van der Waals surface area contributed by atoms with Gasteiger partial charge in [0, 0.05) is 19.9 Å². The topological polar surface area (TPSA) is 104 Å². The zero-order valence-corrected chi connectivity index (χ0v) is 10.3. The van der Waals surface area contributed by atoms with Crippen LogP contribution < -0.4 is 16.4 Å². The largest absolute Gasteiger partial charge is 0.383 e. The number of hydrogen-bond donors (Lipinski definition) is 3. The first-order valence-corrected chi connectivity index (χ1v) is 5.65. The summed E-state index contributed by atoms with van der Waals surface area (Å²) in [5.41, 5.74) is -0.958. The van der Waals surface area contributed by atoms with Crippen LogP contribution >= 0.6 is 0 Å². The van der Waals surface area contributed by atoms with Crippen molar-refractivity contribution in [1.82, 2.24) is 15.3 Å². The third kappa shape index (κ3) is 2.71. The third-order valence-electron chi connectivity index (χ3n) is 2.60. The molecule has 1 amide bonds. The molecule has 0 bridgehead atoms. The van der Waals surface area contributed by atoms with Crippen molar-refractivity contribution in [3.05, 3.63) is 44.7 Å². The van der Waals surface area contributed by atoms with E-state index in [-0.39, 0.29) is 11.1 Å².